The first-order chi connectivity index (χ1) is 7.93. The van der Waals surface area contributed by atoms with Crippen LogP contribution in [0.25, 0.3) is 0 Å². The van der Waals surface area contributed by atoms with Crippen LogP contribution in [0, 0.1) is 10.1 Å². The van der Waals surface area contributed by atoms with Crippen molar-refractivity contribution in [1.29, 1.82) is 0 Å². The number of nitro groups is 1. The number of anilines is 1. The Hall–Kier alpha value is -1.61. The highest BCUT2D eigenvalue weighted by Gasteiger charge is 2.23. The first-order valence-electron chi connectivity index (χ1n) is 4.28. The molecule has 7 nitrogen and oxygen atoms in total. The Morgan fingerprint density at radius 1 is 1.59 bits per heavy atom. The molecule has 0 bridgehead atoms. The van der Waals surface area contributed by atoms with Crippen LogP contribution in [-0.4, -0.2) is 39.1 Å². The molecule has 94 valence electrons. The summed E-state index contributed by atoms with van der Waals surface area (Å²) in [4.78, 5) is 16.6. The standard InChI is InChI=1S/C7H7ClF2N4O3/c8-5-4(14(16)17)7(13-2-12-5)11-1-3(15)6(9)10/h2-3,6,15H,1H2,(H,11,12,13). The highest BCUT2D eigenvalue weighted by Crippen LogP contribution is 2.28. The molecular weight excluding hydrogens is 262 g/mol. The van der Waals surface area contributed by atoms with Crippen molar-refractivity contribution >= 4 is 23.1 Å². The van der Waals surface area contributed by atoms with E-state index in [0.29, 0.717) is 0 Å². The molecule has 1 heterocycles. The second kappa shape index (κ2) is 5.64. The zero-order valence-corrected chi connectivity index (χ0v) is 8.93. The predicted molar refractivity (Wildman–Crippen MR) is 54.2 cm³/mol. The lowest BCUT2D eigenvalue weighted by Gasteiger charge is -2.10. The Labute approximate surface area is 98.6 Å². The molecule has 1 rings (SSSR count). The molecule has 1 atom stereocenters. The maximum absolute atomic E-state index is 12.0. The SMILES string of the molecule is O=[N+]([O-])c1c(Cl)ncnc1NCC(O)C(F)F. The molecule has 0 aromatic carbocycles. The van der Waals surface area contributed by atoms with E-state index in [-0.39, 0.29) is 5.82 Å². The average Bonchev–Trinajstić information content (AvgIpc) is 2.24. The maximum Gasteiger partial charge on any atom is 0.348 e. The first-order valence-corrected chi connectivity index (χ1v) is 4.66. The van der Waals surface area contributed by atoms with E-state index in [1.165, 1.54) is 0 Å². The molecule has 0 saturated heterocycles. The van der Waals surface area contributed by atoms with Crippen molar-refractivity contribution in [2.45, 2.75) is 12.5 Å². The van der Waals surface area contributed by atoms with Crippen LogP contribution in [0.3, 0.4) is 0 Å². The molecule has 2 N–H and O–H groups in total. The Morgan fingerprint density at radius 2 is 2.24 bits per heavy atom. The number of rotatable bonds is 5. The number of hydrogen-bond acceptors (Lipinski definition) is 6. The molecule has 0 saturated carbocycles. The van der Waals surface area contributed by atoms with Gasteiger partial charge in [0.25, 0.3) is 6.43 Å². The smallest absolute Gasteiger partial charge is 0.348 e. The van der Waals surface area contributed by atoms with E-state index in [4.69, 9.17) is 16.7 Å². The molecule has 0 radical (unpaired) electrons. The van der Waals surface area contributed by atoms with Crippen LogP contribution >= 0.6 is 11.6 Å². The number of alkyl halides is 2. The number of aliphatic hydroxyl groups is 1. The van der Waals surface area contributed by atoms with Crippen molar-refractivity contribution in [1.82, 2.24) is 9.97 Å². The lowest BCUT2D eigenvalue weighted by atomic mass is 10.3. The second-order valence-electron chi connectivity index (χ2n) is 2.90. The van der Waals surface area contributed by atoms with Gasteiger partial charge in [-0.25, -0.2) is 18.7 Å². The van der Waals surface area contributed by atoms with Crippen molar-refractivity contribution in [3.8, 4) is 0 Å². The molecule has 0 aliphatic heterocycles. The van der Waals surface area contributed by atoms with E-state index in [0.717, 1.165) is 6.33 Å². The summed E-state index contributed by atoms with van der Waals surface area (Å²) in [6.45, 7) is -0.591. The minimum atomic E-state index is -2.96. The predicted octanol–water partition coefficient (Wildman–Crippen LogP) is 1.08. The van der Waals surface area contributed by atoms with Gasteiger partial charge in [-0.3, -0.25) is 10.1 Å². The van der Waals surface area contributed by atoms with Crippen molar-refractivity contribution in [2.75, 3.05) is 11.9 Å². The van der Waals surface area contributed by atoms with Gasteiger partial charge in [-0.1, -0.05) is 11.6 Å². The molecule has 0 amide bonds. The lowest BCUT2D eigenvalue weighted by Crippen LogP contribution is -2.27. The van der Waals surface area contributed by atoms with Crippen LogP contribution in [0.2, 0.25) is 5.15 Å². The normalized spacial score (nSPS) is 12.5. The second-order valence-corrected chi connectivity index (χ2v) is 3.26. The highest BCUT2D eigenvalue weighted by molar-refractivity contribution is 6.31. The van der Waals surface area contributed by atoms with Gasteiger partial charge >= 0.3 is 5.69 Å². The van der Waals surface area contributed by atoms with Gasteiger partial charge < -0.3 is 10.4 Å². The molecule has 1 unspecified atom stereocenters. The lowest BCUT2D eigenvalue weighted by molar-refractivity contribution is -0.384. The van der Waals surface area contributed by atoms with E-state index < -0.39 is 34.8 Å². The first kappa shape index (κ1) is 13.5. The van der Waals surface area contributed by atoms with Crippen LogP contribution in [-0.2, 0) is 0 Å². The molecule has 0 fully saturated rings. The van der Waals surface area contributed by atoms with Crippen molar-refractivity contribution in [3.63, 3.8) is 0 Å². The summed E-state index contributed by atoms with van der Waals surface area (Å²) in [5.41, 5.74) is -0.629. The summed E-state index contributed by atoms with van der Waals surface area (Å²) >= 11 is 5.46. The van der Waals surface area contributed by atoms with Crippen LogP contribution < -0.4 is 5.32 Å². The van der Waals surface area contributed by atoms with Crippen molar-refractivity contribution < 1.29 is 18.8 Å². The topological polar surface area (TPSA) is 101 Å². The fraction of sp³-hybridized carbons (Fsp3) is 0.429. The molecular formula is C7H7ClF2N4O3. The fourth-order valence-electron chi connectivity index (χ4n) is 0.939. The molecule has 0 spiro atoms. The summed E-state index contributed by atoms with van der Waals surface area (Å²) in [6, 6.07) is 0. The molecule has 17 heavy (non-hydrogen) atoms. The molecule has 10 heteroatoms. The molecule has 0 aliphatic rings. The third-order valence-corrected chi connectivity index (χ3v) is 2.01. The van der Waals surface area contributed by atoms with E-state index in [9.17, 15) is 18.9 Å². The number of halogens is 3. The zero-order chi connectivity index (χ0) is 13.0. The Morgan fingerprint density at radius 3 is 2.76 bits per heavy atom. The molecule has 0 aliphatic carbocycles. The monoisotopic (exact) mass is 268 g/mol. The number of nitrogens with one attached hydrogen (secondary N) is 1. The highest BCUT2D eigenvalue weighted by atomic mass is 35.5. The third-order valence-electron chi connectivity index (χ3n) is 1.73. The van der Waals surface area contributed by atoms with E-state index in [2.05, 4.69) is 15.3 Å². The van der Waals surface area contributed by atoms with Gasteiger partial charge in [0.15, 0.2) is 0 Å². The van der Waals surface area contributed by atoms with Gasteiger partial charge in [-0.05, 0) is 0 Å². The van der Waals surface area contributed by atoms with Crippen LogP contribution in [0.5, 0.6) is 0 Å². The van der Waals surface area contributed by atoms with Gasteiger partial charge in [-0.15, -0.1) is 0 Å². The zero-order valence-electron chi connectivity index (χ0n) is 8.18. The van der Waals surface area contributed by atoms with Crippen molar-refractivity contribution in [2.24, 2.45) is 0 Å². The number of nitrogens with zero attached hydrogens (tertiary/aromatic N) is 3. The average molecular weight is 269 g/mol. The summed E-state index contributed by atoms with van der Waals surface area (Å²) in [5.74, 6) is -0.324. The van der Waals surface area contributed by atoms with Gasteiger partial charge in [0, 0.05) is 6.54 Å². The minimum absolute atomic E-state index is 0.324. The van der Waals surface area contributed by atoms with E-state index in [1.807, 2.05) is 0 Å². The number of hydrogen-bond donors (Lipinski definition) is 2. The third kappa shape index (κ3) is 3.43. The fourth-order valence-corrected chi connectivity index (χ4v) is 1.14. The minimum Gasteiger partial charge on any atom is -0.385 e. The quantitative estimate of drug-likeness (QED) is 0.471. The van der Waals surface area contributed by atoms with Crippen LogP contribution in [0.15, 0.2) is 6.33 Å². The van der Waals surface area contributed by atoms with E-state index >= 15 is 0 Å². The Kier molecular flexibility index (Phi) is 4.46. The van der Waals surface area contributed by atoms with Crippen molar-refractivity contribution in [3.05, 3.63) is 21.6 Å². The summed E-state index contributed by atoms with van der Waals surface area (Å²) < 4.78 is 24.0. The van der Waals surface area contributed by atoms with Gasteiger partial charge in [0.05, 0.1) is 4.92 Å². The Bertz CT molecular complexity index is 420. The molecule has 1 aromatic rings. The van der Waals surface area contributed by atoms with Crippen LogP contribution in [0.1, 0.15) is 0 Å². The summed E-state index contributed by atoms with van der Waals surface area (Å²) in [5, 5.41) is 21.2. The van der Waals surface area contributed by atoms with Gasteiger partial charge in [0.2, 0.25) is 11.0 Å². The van der Waals surface area contributed by atoms with E-state index in [1.54, 1.807) is 0 Å². The van der Waals surface area contributed by atoms with Gasteiger partial charge in [-0.2, -0.15) is 0 Å². The largest absolute Gasteiger partial charge is 0.385 e. The summed E-state index contributed by atoms with van der Waals surface area (Å²) in [7, 11) is 0. The van der Waals surface area contributed by atoms with Crippen LogP contribution in [0.4, 0.5) is 20.3 Å². The summed E-state index contributed by atoms with van der Waals surface area (Å²) in [6.07, 6.45) is -3.98. The number of aromatic nitrogens is 2. The van der Waals surface area contributed by atoms with Gasteiger partial charge in [0.1, 0.15) is 12.4 Å². The maximum atomic E-state index is 12.0. The Balaban J connectivity index is 2.84. The molecule has 1 aromatic heterocycles. The number of aliphatic hydroxyl groups excluding tert-OH is 1.